The molecular weight excluding hydrogens is 745 g/mol. The lowest BCUT2D eigenvalue weighted by Crippen LogP contribution is -2.27. The Morgan fingerprint density at radius 1 is 1.08 bits per heavy atom. The molecule has 0 bridgehead atoms. The second kappa shape index (κ2) is 18.6. The molecule has 0 aliphatic rings. The topological polar surface area (TPSA) is 187 Å². The van der Waals surface area contributed by atoms with Crippen molar-refractivity contribution < 1.29 is 24.0 Å². The zero-order chi connectivity index (χ0) is 35.2. The number of non-ortho nitro benzene ring substituents is 1. The van der Waals surface area contributed by atoms with Gasteiger partial charge in [0.15, 0.2) is 16.9 Å². The number of methoxy groups -OCH3 is 1. The number of amides is 1. The van der Waals surface area contributed by atoms with Crippen molar-refractivity contribution in [3.05, 3.63) is 81.7 Å². The number of aliphatic imine (C=N–C) groups is 1. The quantitative estimate of drug-likeness (QED) is 0.0195. The summed E-state index contributed by atoms with van der Waals surface area (Å²) >= 11 is 2.22. The molecule has 4 rings (SSSR count). The second-order valence-corrected chi connectivity index (χ2v) is 12.9. The largest absolute Gasteiger partial charge is 0.476 e. The van der Waals surface area contributed by atoms with Gasteiger partial charge in [-0.1, -0.05) is 34.7 Å². The Balaban J connectivity index is 1.37. The first-order valence-corrected chi connectivity index (χ1v) is 16.7. The molecule has 1 atom stereocenters. The summed E-state index contributed by atoms with van der Waals surface area (Å²) in [5.74, 6) is 0.350. The Morgan fingerprint density at radius 2 is 1.84 bits per heavy atom. The molecule has 2 aromatic heterocycles. The van der Waals surface area contributed by atoms with Gasteiger partial charge in [0, 0.05) is 74.3 Å². The number of anilines is 1. The van der Waals surface area contributed by atoms with Gasteiger partial charge in [-0.05, 0) is 36.2 Å². The Hall–Kier alpha value is -4.84. The maximum absolute atomic E-state index is 12.8. The van der Waals surface area contributed by atoms with Crippen molar-refractivity contribution in [2.75, 3.05) is 46.3 Å². The molecule has 49 heavy (non-hydrogen) atoms. The van der Waals surface area contributed by atoms with E-state index < -0.39 is 4.92 Å². The van der Waals surface area contributed by atoms with Crippen molar-refractivity contribution in [3.63, 3.8) is 0 Å². The van der Waals surface area contributed by atoms with Crippen molar-refractivity contribution in [1.29, 1.82) is 0 Å². The van der Waals surface area contributed by atoms with E-state index in [0.717, 1.165) is 11.3 Å². The number of hydrogen-bond donors (Lipinski definition) is 2. The summed E-state index contributed by atoms with van der Waals surface area (Å²) in [4.78, 5) is 59.4. The normalized spacial score (nSPS) is 11.8. The Labute approximate surface area is 297 Å². The van der Waals surface area contributed by atoms with Crippen molar-refractivity contribution in [2.24, 2.45) is 4.99 Å². The highest BCUT2D eigenvalue weighted by Gasteiger charge is 2.16. The van der Waals surface area contributed by atoms with Gasteiger partial charge < -0.3 is 25.0 Å². The number of nitro groups is 1. The third-order valence-corrected chi connectivity index (χ3v) is 8.06. The highest BCUT2D eigenvalue weighted by atomic mass is 127. The number of nitrogens with zero attached hydrogens (tertiary/aromatic N) is 7. The molecule has 16 heteroatoms. The lowest BCUT2D eigenvalue weighted by Gasteiger charge is -2.11. The molecule has 2 N–H and O–H groups in total. The number of ketones is 1. The number of hydrogen-bond acceptors (Lipinski definition) is 12. The lowest BCUT2D eigenvalue weighted by molar-refractivity contribution is -0.384. The molecule has 258 valence electrons. The maximum atomic E-state index is 12.8. The fourth-order valence-electron chi connectivity index (χ4n) is 4.42. The van der Waals surface area contributed by atoms with E-state index in [2.05, 4.69) is 53.2 Å². The zero-order valence-corrected chi connectivity index (χ0v) is 29.6. The second-order valence-electron chi connectivity index (χ2n) is 11.1. The van der Waals surface area contributed by atoms with Gasteiger partial charge >= 0.3 is 0 Å². The lowest BCUT2D eigenvalue weighted by atomic mass is 10.0. The van der Waals surface area contributed by atoms with Crippen LogP contribution in [0.5, 0.6) is 5.88 Å². The van der Waals surface area contributed by atoms with Crippen LogP contribution in [-0.4, -0.2) is 92.7 Å². The number of carbonyl (C=O) groups is 2. The number of rotatable bonds is 19. The minimum atomic E-state index is -0.439. The molecular formula is C33H38IN9O6. The van der Waals surface area contributed by atoms with Gasteiger partial charge in [0.25, 0.3) is 11.6 Å². The predicted molar refractivity (Wildman–Crippen MR) is 194 cm³/mol. The van der Waals surface area contributed by atoms with Crippen molar-refractivity contribution >= 4 is 69.1 Å². The molecule has 0 radical (unpaired) electrons. The molecule has 1 unspecified atom stereocenters. The third kappa shape index (κ3) is 12.0. The van der Waals surface area contributed by atoms with Gasteiger partial charge in [-0.2, -0.15) is 9.97 Å². The van der Waals surface area contributed by atoms with Crippen LogP contribution in [0.4, 0.5) is 17.3 Å². The summed E-state index contributed by atoms with van der Waals surface area (Å²) in [6.07, 6.45) is 4.97. The van der Waals surface area contributed by atoms with Gasteiger partial charge in [0.05, 0.1) is 42.9 Å². The molecule has 0 spiro atoms. The first kappa shape index (κ1) is 37.0. The van der Waals surface area contributed by atoms with E-state index >= 15 is 0 Å². The number of ether oxygens (including phenoxy) is 2. The number of nitrogens with one attached hydrogen (secondary N) is 2. The van der Waals surface area contributed by atoms with Crippen molar-refractivity contribution in [3.8, 4) is 5.88 Å². The van der Waals surface area contributed by atoms with Gasteiger partial charge in [-0.25, -0.2) is 15.0 Å². The van der Waals surface area contributed by atoms with Crippen LogP contribution in [-0.2, 0) is 22.5 Å². The number of Topliss-reactive ketones (excluding diaryl/α,β-unsaturated/α-hetero) is 1. The average molecular weight is 784 g/mol. The van der Waals surface area contributed by atoms with Crippen molar-refractivity contribution in [2.45, 2.75) is 36.2 Å². The monoisotopic (exact) mass is 783 g/mol. The third-order valence-electron chi connectivity index (χ3n) is 6.99. The highest BCUT2D eigenvalue weighted by molar-refractivity contribution is 14.1. The van der Waals surface area contributed by atoms with E-state index in [1.54, 1.807) is 48.8 Å². The summed E-state index contributed by atoms with van der Waals surface area (Å²) in [7, 11) is 5.24. The van der Waals surface area contributed by atoms with Gasteiger partial charge in [-0.15, -0.1) is 0 Å². The number of nitro benzene ring substituents is 1. The average Bonchev–Trinajstić information content (AvgIpc) is 3.09. The van der Waals surface area contributed by atoms with Gasteiger partial charge in [0.1, 0.15) is 0 Å². The minimum absolute atomic E-state index is 0.0153. The fourth-order valence-corrected chi connectivity index (χ4v) is 5.14. The van der Waals surface area contributed by atoms with Crippen LogP contribution in [0.25, 0.3) is 11.2 Å². The Morgan fingerprint density at radius 3 is 2.53 bits per heavy atom. The van der Waals surface area contributed by atoms with E-state index in [1.807, 2.05) is 26.2 Å². The van der Waals surface area contributed by atoms with Gasteiger partial charge in [-0.3, -0.25) is 19.7 Å². The highest BCUT2D eigenvalue weighted by Crippen LogP contribution is 2.24. The zero-order valence-electron chi connectivity index (χ0n) is 27.5. The first-order chi connectivity index (χ1) is 23.6. The SMILES string of the molecule is COCCNC(=O)CCC(I)CC(=O)c1ccc(NCc2cnc3nc(N=CN(C)C)nc(OCCc4ccc([N+](=O)[O-])cc4)c3n2)cc1. The number of halogens is 1. The Bertz CT molecular complexity index is 1750. The smallest absolute Gasteiger partial charge is 0.269 e. The van der Waals surface area contributed by atoms with Crippen LogP contribution in [0, 0.1) is 10.1 Å². The summed E-state index contributed by atoms with van der Waals surface area (Å²) in [5, 5.41) is 17.1. The van der Waals surface area contributed by atoms with Crippen LogP contribution >= 0.6 is 22.6 Å². The minimum Gasteiger partial charge on any atom is -0.476 e. The molecule has 2 heterocycles. The predicted octanol–water partition coefficient (Wildman–Crippen LogP) is 4.70. The summed E-state index contributed by atoms with van der Waals surface area (Å²) < 4.78 is 11.0. The number of benzene rings is 2. The Kier molecular flexibility index (Phi) is 14.1. The molecule has 0 saturated carbocycles. The van der Waals surface area contributed by atoms with Crippen LogP contribution in [0.2, 0.25) is 0 Å². The van der Waals surface area contributed by atoms with Gasteiger partial charge in [0.2, 0.25) is 11.8 Å². The summed E-state index contributed by atoms with van der Waals surface area (Å²) in [5.41, 5.74) is 3.58. The molecule has 0 saturated heterocycles. The van der Waals surface area contributed by atoms with E-state index in [-0.39, 0.29) is 39.7 Å². The molecule has 0 aliphatic carbocycles. The maximum Gasteiger partial charge on any atom is 0.269 e. The molecule has 15 nitrogen and oxygen atoms in total. The van der Waals surface area contributed by atoms with Crippen LogP contribution in [0.15, 0.2) is 59.7 Å². The molecule has 2 aromatic carbocycles. The van der Waals surface area contributed by atoms with Crippen molar-refractivity contribution in [1.82, 2.24) is 30.2 Å². The summed E-state index contributed by atoms with van der Waals surface area (Å²) in [6.45, 7) is 1.51. The fraction of sp³-hybridized carbons (Fsp3) is 0.364. The van der Waals surface area contributed by atoms with E-state index in [9.17, 15) is 19.7 Å². The van der Waals surface area contributed by atoms with Crippen LogP contribution in [0.3, 0.4) is 0 Å². The van der Waals surface area contributed by atoms with E-state index in [1.165, 1.54) is 12.1 Å². The van der Waals surface area contributed by atoms with Crippen LogP contribution < -0.4 is 15.4 Å². The molecule has 0 fully saturated rings. The number of aromatic nitrogens is 4. The molecule has 0 aliphatic heterocycles. The number of carbonyl (C=O) groups excluding carboxylic acids is 2. The molecule has 1 amide bonds. The molecule has 4 aromatic rings. The summed E-state index contributed by atoms with van der Waals surface area (Å²) in [6, 6.07) is 13.5. The number of alkyl halides is 1. The van der Waals surface area contributed by atoms with E-state index in [0.29, 0.717) is 67.8 Å². The van der Waals surface area contributed by atoms with Crippen LogP contribution in [0.1, 0.15) is 40.9 Å². The van der Waals surface area contributed by atoms with E-state index in [4.69, 9.17) is 14.5 Å². The first-order valence-electron chi connectivity index (χ1n) is 15.5. The standard InChI is InChI=1S/C33H38IN9O6/c1-42(2)21-38-33-40-31-30(32(41-33)49-16-14-22-4-11-27(12-5-22)43(46)47)39-26(20-37-31)19-36-25-9-6-23(7-10-25)28(44)18-24(34)8-13-29(45)35-15-17-48-3/h4-7,9-12,20-21,24,36H,8,13-19H2,1-3H3,(H,35,45). The number of fused-ring (bicyclic) bond motifs is 1.